The molecule has 4 nitrogen and oxygen atoms in total. The average Bonchev–Trinajstić information content (AvgIpc) is 2.33. The van der Waals surface area contributed by atoms with E-state index in [0.717, 1.165) is 24.0 Å². The monoisotopic (exact) mass is 232 g/mol. The molecule has 0 bridgehead atoms. The maximum absolute atomic E-state index is 11.4. The van der Waals surface area contributed by atoms with Crippen LogP contribution in [0, 0.1) is 6.92 Å². The highest BCUT2D eigenvalue weighted by Crippen LogP contribution is 2.14. The highest BCUT2D eigenvalue weighted by Gasteiger charge is 2.05. The molecule has 0 aliphatic heterocycles. The van der Waals surface area contributed by atoms with Gasteiger partial charge in [0.05, 0.1) is 0 Å². The minimum atomic E-state index is -0.293. The Labute approximate surface area is 100 Å². The van der Waals surface area contributed by atoms with Crippen LogP contribution in [0.1, 0.15) is 18.4 Å². The Morgan fingerprint density at radius 1 is 1.47 bits per heavy atom. The van der Waals surface area contributed by atoms with Crippen molar-refractivity contribution in [1.29, 1.82) is 0 Å². The van der Waals surface area contributed by atoms with Crippen molar-refractivity contribution < 1.29 is 4.74 Å². The maximum Gasteiger partial charge on any atom is 0.350 e. The summed E-state index contributed by atoms with van der Waals surface area (Å²) in [5.41, 5.74) is 1.71. The van der Waals surface area contributed by atoms with Crippen LogP contribution in [0.25, 0.3) is 0 Å². The van der Waals surface area contributed by atoms with Gasteiger partial charge in [0, 0.05) is 18.8 Å². The molecule has 17 heavy (non-hydrogen) atoms. The lowest BCUT2D eigenvalue weighted by Gasteiger charge is -2.10. The van der Waals surface area contributed by atoms with E-state index >= 15 is 0 Å². The Morgan fingerprint density at radius 2 is 2.29 bits per heavy atom. The lowest BCUT2D eigenvalue weighted by molar-refractivity contribution is 0.334. The third-order valence-electron chi connectivity index (χ3n) is 2.67. The number of aryl methyl sites for hydroxylation is 2. The van der Waals surface area contributed by atoms with E-state index in [1.165, 1.54) is 4.57 Å². The van der Waals surface area contributed by atoms with Crippen molar-refractivity contribution in [3.05, 3.63) is 46.0 Å². The molecule has 0 atom stereocenters. The minimum Gasteiger partial charge on any atom is -0.472 e. The Kier molecular flexibility index (Phi) is 3.42. The van der Waals surface area contributed by atoms with Gasteiger partial charge in [0.25, 0.3) is 0 Å². The molecule has 0 spiro atoms. The van der Waals surface area contributed by atoms with Crippen molar-refractivity contribution in [2.45, 2.75) is 19.8 Å². The lowest BCUT2D eigenvalue weighted by Crippen LogP contribution is -2.21. The highest BCUT2D eigenvalue weighted by molar-refractivity contribution is 5.25. The van der Waals surface area contributed by atoms with E-state index in [2.05, 4.69) is 23.2 Å². The molecule has 0 radical (unpaired) electrons. The Bertz CT molecular complexity index is 527. The van der Waals surface area contributed by atoms with Crippen molar-refractivity contribution in [3.8, 4) is 5.88 Å². The maximum atomic E-state index is 11.4. The zero-order chi connectivity index (χ0) is 12.3. The molecule has 0 amide bonds. The second kappa shape index (κ2) is 4.99. The Balaban J connectivity index is 2.09. The fraction of sp³-hybridized carbons (Fsp3) is 0.385. The summed E-state index contributed by atoms with van der Waals surface area (Å²) in [6, 6.07) is 0. The van der Waals surface area contributed by atoms with E-state index in [-0.39, 0.29) is 5.69 Å². The van der Waals surface area contributed by atoms with Crippen LogP contribution >= 0.6 is 0 Å². The second-order valence-corrected chi connectivity index (χ2v) is 4.17. The number of aromatic nitrogens is 2. The summed E-state index contributed by atoms with van der Waals surface area (Å²) >= 11 is 0. The van der Waals surface area contributed by atoms with Gasteiger partial charge in [-0.05, 0) is 25.3 Å². The minimum absolute atomic E-state index is 0.293. The quantitative estimate of drug-likeness (QED) is 0.797. The van der Waals surface area contributed by atoms with Gasteiger partial charge in [0.1, 0.15) is 6.61 Å². The molecule has 1 heterocycles. The first-order valence-corrected chi connectivity index (χ1v) is 5.69. The third-order valence-corrected chi connectivity index (χ3v) is 2.67. The predicted octanol–water partition coefficient (Wildman–Crippen LogP) is 1.74. The summed E-state index contributed by atoms with van der Waals surface area (Å²) in [5, 5.41) is 0. The summed E-state index contributed by atoms with van der Waals surface area (Å²) in [5.74, 6) is 0.424. The first-order chi connectivity index (χ1) is 8.16. The lowest BCUT2D eigenvalue weighted by atomic mass is 10.1. The van der Waals surface area contributed by atoms with Crippen LogP contribution < -0.4 is 10.4 Å². The van der Waals surface area contributed by atoms with E-state index in [1.54, 1.807) is 13.2 Å². The van der Waals surface area contributed by atoms with E-state index < -0.39 is 0 Å². The largest absolute Gasteiger partial charge is 0.472 e. The molecular formula is C13H16N2O2. The van der Waals surface area contributed by atoms with Crippen molar-refractivity contribution in [3.63, 3.8) is 0 Å². The molecule has 0 saturated carbocycles. The first kappa shape index (κ1) is 11.6. The zero-order valence-electron chi connectivity index (χ0n) is 10.1. The van der Waals surface area contributed by atoms with E-state index in [9.17, 15) is 4.79 Å². The van der Waals surface area contributed by atoms with E-state index in [0.29, 0.717) is 12.5 Å². The Morgan fingerprint density at radius 3 is 3.00 bits per heavy atom. The van der Waals surface area contributed by atoms with Gasteiger partial charge >= 0.3 is 5.69 Å². The molecule has 1 aliphatic rings. The smallest absolute Gasteiger partial charge is 0.350 e. The Hall–Kier alpha value is -1.84. The summed E-state index contributed by atoms with van der Waals surface area (Å²) in [4.78, 5) is 15.3. The van der Waals surface area contributed by atoms with Gasteiger partial charge in [-0.15, -0.1) is 0 Å². The summed E-state index contributed by atoms with van der Waals surface area (Å²) < 4.78 is 7.01. The van der Waals surface area contributed by atoms with Gasteiger partial charge in [-0.25, -0.2) is 4.79 Å². The van der Waals surface area contributed by atoms with Gasteiger partial charge in [-0.2, -0.15) is 4.98 Å². The van der Waals surface area contributed by atoms with Gasteiger partial charge in [-0.1, -0.05) is 18.2 Å². The fourth-order valence-corrected chi connectivity index (χ4v) is 1.73. The molecule has 2 rings (SSSR count). The van der Waals surface area contributed by atoms with Crippen molar-refractivity contribution in [1.82, 2.24) is 9.55 Å². The first-order valence-electron chi connectivity index (χ1n) is 5.69. The topological polar surface area (TPSA) is 44.1 Å². The number of nitrogens with zero attached hydrogens (tertiary/aromatic N) is 2. The van der Waals surface area contributed by atoms with Gasteiger partial charge in [0.15, 0.2) is 0 Å². The molecule has 1 aromatic rings. The van der Waals surface area contributed by atoms with Crippen LogP contribution in [-0.2, 0) is 7.05 Å². The van der Waals surface area contributed by atoms with Gasteiger partial charge in [0.2, 0.25) is 5.88 Å². The average molecular weight is 232 g/mol. The second-order valence-electron chi connectivity index (χ2n) is 4.17. The molecule has 0 N–H and O–H groups in total. The molecule has 0 aromatic carbocycles. The molecule has 0 fully saturated rings. The fourth-order valence-electron chi connectivity index (χ4n) is 1.73. The molecule has 4 heteroatoms. The normalized spacial score (nSPS) is 14.6. The van der Waals surface area contributed by atoms with Crippen LogP contribution in [0.5, 0.6) is 5.88 Å². The van der Waals surface area contributed by atoms with Crippen LogP contribution in [0.15, 0.2) is 34.8 Å². The molecule has 0 saturated heterocycles. The van der Waals surface area contributed by atoms with Crippen molar-refractivity contribution >= 4 is 0 Å². The number of ether oxygens (including phenoxy) is 1. The van der Waals surface area contributed by atoms with Crippen LogP contribution in [0.2, 0.25) is 0 Å². The number of hydrogen-bond acceptors (Lipinski definition) is 3. The van der Waals surface area contributed by atoms with E-state index in [4.69, 9.17) is 4.74 Å². The molecule has 1 aromatic heterocycles. The number of allylic oxidation sites excluding steroid dienone is 2. The molecular weight excluding hydrogens is 216 g/mol. The molecule has 0 unspecified atom stereocenters. The van der Waals surface area contributed by atoms with Crippen molar-refractivity contribution in [2.75, 3.05) is 6.61 Å². The van der Waals surface area contributed by atoms with E-state index in [1.807, 2.05) is 6.92 Å². The number of rotatable bonds is 3. The SMILES string of the molecule is Cc1cn(C)c(=O)nc1OCC1=CCCC=C1. The van der Waals surface area contributed by atoms with Crippen LogP contribution in [-0.4, -0.2) is 16.2 Å². The standard InChI is InChI=1S/C13H16N2O2/c1-10-8-15(2)13(16)14-12(10)17-9-11-6-4-3-5-7-11/h4,6-8H,3,5,9H2,1-2H3. The van der Waals surface area contributed by atoms with Gasteiger partial charge < -0.3 is 9.30 Å². The van der Waals surface area contributed by atoms with Crippen molar-refractivity contribution in [2.24, 2.45) is 7.05 Å². The third kappa shape index (κ3) is 2.84. The predicted molar refractivity (Wildman–Crippen MR) is 66.2 cm³/mol. The zero-order valence-corrected chi connectivity index (χ0v) is 10.1. The summed E-state index contributed by atoms with van der Waals surface area (Å²) in [6.07, 6.45) is 10.2. The summed E-state index contributed by atoms with van der Waals surface area (Å²) in [6.45, 7) is 2.35. The number of hydrogen-bond donors (Lipinski definition) is 0. The molecule has 1 aliphatic carbocycles. The van der Waals surface area contributed by atoms with Crippen LogP contribution in [0.3, 0.4) is 0 Å². The van der Waals surface area contributed by atoms with Gasteiger partial charge in [-0.3, -0.25) is 0 Å². The molecule has 90 valence electrons. The summed E-state index contributed by atoms with van der Waals surface area (Å²) in [7, 11) is 1.68. The highest BCUT2D eigenvalue weighted by atomic mass is 16.5. The van der Waals surface area contributed by atoms with Crippen LogP contribution in [0.4, 0.5) is 0 Å².